The second-order valence-electron chi connectivity index (χ2n) is 7.55. The molecule has 4 rings (SSSR count). The lowest BCUT2D eigenvalue weighted by molar-refractivity contribution is -0.0389. The molecule has 2 bridgehead atoms. The van der Waals surface area contributed by atoms with E-state index in [4.69, 9.17) is 4.74 Å². The van der Waals surface area contributed by atoms with E-state index in [2.05, 4.69) is 20.2 Å². The molecule has 2 unspecified atom stereocenters. The zero-order chi connectivity index (χ0) is 16.4. The summed E-state index contributed by atoms with van der Waals surface area (Å²) in [6, 6.07) is 1.11. The van der Waals surface area contributed by atoms with Crippen LogP contribution < -0.4 is 4.90 Å². The summed E-state index contributed by atoms with van der Waals surface area (Å²) in [6.45, 7) is 3.34. The van der Waals surface area contributed by atoms with Crippen LogP contribution in [0.15, 0.2) is 11.6 Å². The summed E-state index contributed by atoms with van der Waals surface area (Å²) < 4.78 is 5.96. The van der Waals surface area contributed by atoms with E-state index >= 15 is 0 Å². The van der Waals surface area contributed by atoms with E-state index in [1.807, 2.05) is 6.20 Å². The number of hydrogen-bond donors (Lipinski definition) is 1. The van der Waals surface area contributed by atoms with Gasteiger partial charge in [0.15, 0.2) is 5.13 Å². The van der Waals surface area contributed by atoms with E-state index in [0.717, 1.165) is 24.8 Å². The number of rotatable bonds is 6. The van der Waals surface area contributed by atoms with Crippen molar-refractivity contribution in [2.45, 2.75) is 69.2 Å². The van der Waals surface area contributed by atoms with Crippen molar-refractivity contribution in [1.29, 1.82) is 0 Å². The van der Waals surface area contributed by atoms with Gasteiger partial charge in [-0.3, -0.25) is 4.90 Å². The van der Waals surface area contributed by atoms with Gasteiger partial charge < -0.3 is 14.7 Å². The lowest BCUT2D eigenvalue weighted by Crippen LogP contribution is -2.56. The zero-order valence-electron chi connectivity index (χ0n) is 14.3. The number of ether oxygens (including phenoxy) is 1. The average Bonchev–Trinajstić information content (AvgIpc) is 3.21. The van der Waals surface area contributed by atoms with Crippen LogP contribution in [0.5, 0.6) is 0 Å². The standard InChI is InChI=1S/C18H29N3O2S/c22-16(13-23-17-4-2-1-3-5-17)12-21-14-6-7-15(21)11-20(10-14)18-19-8-9-24-18/h8-9,14-17,22H,1-7,10-13H2/t14?,15?,16-/m0/s1. The highest BCUT2D eigenvalue weighted by Crippen LogP contribution is 2.33. The van der Waals surface area contributed by atoms with Gasteiger partial charge in [-0.15, -0.1) is 11.3 Å². The molecule has 3 heterocycles. The van der Waals surface area contributed by atoms with Crippen molar-refractivity contribution in [1.82, 2.24) is 9.88 Å². The number of hydrogen-bond acceptors (Lipinski definition) is 6. The molecule has 1 aromatic rings. The third kappa shape index (κ3) is 3.77. The minimum atomic E-state index is -0.360. The maximum Gasteiger partial charge on any atom is 0.185 e. The molecule has 24 heavy (non-hydrogen) atoms. The fourth-order valence-corrected chi connectivity index (χ4v) is 5.25. The van der Waals surface area contributed by atoms with Crippen molar-refractivity contribution in [2.75, 3.05) is 31.1 Å². The second-order valence-corrected chi connectivity index (χ2v) is 8.42. The van der Waals surface area contributed by atoms with Crippen LogP contribution in [0.1, 0.15) is 44.9 Å². The molecular formula is C18H29N3O2S. The smallest absolute Gasteiger partial charge is 0.185 e. The number of piperazine rings is 1. The van der Waals surface area contributed by atoms with Gasteiger partial charge in [0.1, 0.15) is 0 Å². The van der Waals surface area contributed by atoms with Crippen molar-refractivity contribution in [3.05, 3.63) is 11.6 Å². The average molecular weight is 352 g/mol. The summed E-state index contributed by atoms with van der Waals surface area (Å²) >= 11 is 1.73. The van der Waals surface area contributed by atoms with Crippen LogP contribution in [0.25, 0.3) is 0 Å². The van der Waals surface area contributed by atoms with Gasteiger partial charge in [0, 0.05) is 43.3 Å². The van der Waals surface area contributed by atoms with Gasteiger partial charge in [-0.2, -0.15) is 0 Å². The first-order chi connectivity index (χ1) is 11.8. The highest BCUT2D eigenvalue weighted by molar-refractivity contribution is 7.13. The maximum atomic E-state index is 10.5. The van der Waals surface area contributed by atoms with E-state index in [9.17, 15) is 5.11 Å². The number of thiazole rings is 1. The van der Waals surface area contributed by atoms with Crippen molar-refractivity contribution in [3.63, 3.8) is 0 Å². The molecule has 0 aromatic carbocycles. The van der Waals surface area contributed by atoms with Crippen molar-refractivity contribution < 1.29 is 9.84 Å². The van der Waals surface area contributed by atoms with Gasteiger partial charge in [0.25, 0.3) is 0 Å². The molecule has 5 nitrogen and oxygen atoms in total. The first kappa shape index (κ1) is 16.8. The summed E-state index contributed by atoms with van der Waals surface area (Å²) in [5, 5.41) is 13.7. The predicted molar refractivity (Wildman–Crippen MR) is 96.7 cm³/mol. The summed E-state index contributed by atoms with van der Waals surface area (Å²) in [7, 11) is 0. The number of aliphatic hydroxyl groups is 1. The Kier molecular flexibility index (Phi) is 5.37. The Morgan fingerprint density at radius 1 is 1.17 bits per heavy atom. The molecule has 134 valence electrons. The van der Waals surface area contributed by atoms with Gasteiger partial charge in [-0.25, -0.2) is 4.98 Å². The minimum Gasteiger partial charge on any atom is -0.389 e. The Bertz CT molecular complexity index is 492. The first-order valence-corrected chi connectivity index (χ1v) is 10.4. The lowest BCUT2D eigenvalue weighted by Gasteiger charge is -2.41. The molecule has 3 fully saturated rings. The van der Waals surface area contributed by atoms with E-state index in [0.29, 0.717) is 24.8 Å². The fraction of sp³-hybridized carbons (Fsp3) is 0.833. The Hall–Kier alpha value is -0.690. The molecule has 3 atom stereocenters. The molecule has 1 N–H and O–H groups in total. The van der Waals surface area contributed by atoms with Gasteiger partial charge in [-0.05, 0) is 25.7 Å². The SMILES string of the molecule is O[C@H](COC1CCCCC1)CN1C2CCC1CN(c1nccs1)C2. The van der Waals surface area contributed by atoms with Gasteiger partial charge in [0.2, 0.25) is 0 Å². The van der Waals surface area contributed by atoms with Crippen LogP contribution in [0.3, 0.4) is 0 Å². The zero-order valence-corrected chi connectivity index (χ0v) is 15.2. The van der Waals surface area contributed by atoms with Crippen LogP contribution >= 0.6 is 11.3 Å². The Labute approximate surface area is 148 Å². The molecule has 6 heteroatoms. The van der Waals surface area contributed by atoms with E-state index in [1.165, 1.54) is 44.9 Å². The molecule has 0 amide bonds. The molecule has 1 aromatic heterocycles. The predicted octanol–water partition coefficient (Wildman–Crippen LogP) is 2.51. The number of aliphatic hydroxyl groups excluding tert-OH is 1. The van der Waals surface area contributed by atoms with Crippen molar-refractivity contribution >= 4 is 16.5 Å². The topological polar surface area (TPSA) is 48.8 Å². The highest BCUT2D eigenvalue weighted by Gasteiger charge is 2.41. The Balaban J connectivity index is 1.26. The molecule has 1 aliphatic carbocycles. The van der Waals surface area contributed by atoms with Crippen molar-refractivity contribution in [3.8, 4) is 0 Å². The van der Waals surface area contributed by atoms with Crippen LogP contribution in [-0.4, -0.2) is 65.5 Å². The van der Waals surface area contributed by atoms with Crippen molar-refractivity contribution in [2.24, 2.45) is 0 Å². The van der Waals surface area contributed by atoms with E-state index in [1.54, 1.807) is 11.3 Å². The number of nitrogens with zero attached hydrogens (tertiary/aromatic N) is 3. The number of fused-ring (bicyclic) bond motifs is 2. The lowest BCUT2D eigenvalue weighted by atomic mass is 9.98. The van der Waals surface area contributed by atoms with Crippen LogP contribution in [-0.2, 0) is 4.74 Å². The molecule has 2 aliphatic heterocycles. The van der Waals surface area contributed by atoms with Crippen LogP contribution in [0.4, 0.5) is 5.13 Å². The maximum absolute atomic E-state index is 10.5. The van der Waals surface area contributed by atoms with E-state index in [-0.39, 0.29) is 6.10 Å². The van der Waals surface area contributed by atoms with E-state index < -0.39 is 0 Å². The second kappa shape index (κ2) is 7.68. The normalized spacial score (nSPS) is 30.0. The van der Waals surface area contributed by atoms with Gasteiger partial charge in [-0.1, -0.05) is 19.3 Å². The molecule has 0 spiro atoms. The van der Waals surface area contributed by atoms with Crippen LogP contribution in [0.2, 0.25) is 0 Å². The summed E-state index contributed by atoms with van der Waals surface area (Å²) in [5.41, 5.74) is 0. The van der Waals surface area contributed by atoms with Gasteiger partial charge in [0.05, 0.1) is 18.8 Å². The minimum absolute atomic E-state index is 0.360. The molecule has 0 radical (unpaired) electrons. The summed E-state index contributed by atoms with van der Waals surface area (Å²) in [6.07, 6.45) is 10.6. The Morgan fingerprint density at radius 2 is 1.92 bits per heavy atom. The molecule has 2 saturated heterocycles. The molecule has 1 saturated carbocycles. The molecular weight excluding hydrogens is 322 g/mol. The largest absolute Gasteiger partial charge is 0.389 e. The third-order valence-corrected chi connectivity index (χ3v) is 6.65. The first-order valence-electron chi connectivity index (χ1n) is 9.49. The third-order valence-electron chi connectivity index (χ3n) is 5.82. The van der Waals surface area contributed by atoms with Crippen LogP contribution in [0, 0.1) is 0 Å². The highest BCUT2D eigenvalue weighted by atomic mass is 32.1. The molecule has 3 aliphatic rings. The summed E-state index contributed by atoms with van der Waals surface area (Å²) in [4.78, 5) is 9.41. The number of anilines is 1. The fourth-order valence-electron chi connectivity index (χ4n) is 4.59. The quantitative estimate of drug-likeness (QED) is 0.853. The Morgan fingerprint density at radius 3 is 2.58 bits per heavy atom. The number of aromatic nitrogens is 1. The summed E-state index contributed by atoms with van der Waals surface area (Å²) in [5.74, 6) is 0. The van der Waals surface area contributed by atoms with Gasteiger partial charge >= 0.3 is 0 Å². The monoisotopic (exact) mass is 351 g/mol.